The quantitative estimate of drug-likeness (QED) is 0.423. The number of benzene rings is 3. The Labute approximate surface area is 176 Å². The van der Waals surface area contributed by atoms with E-state index < -0.39 is 0 Å². The number of allylic oxidation sites excluding steroid dienone is 1. The van der Waals surface area contributed by atoms with Gasteiger partial charge in [0.1, 0.15) is 5.75 Å². The van der Waals surface area contributed by atoms with Gasteiger partial charge in [0.15, 0.2) is 5.75 Å². The maximum Gasteiger partial charge on any atom is 0.221 e. The third-order valence-corrected chi connectivity index (χ3v) is 4.48. The highest BCUT2D eigenvalue weighted by Crippen LogP contribution is 2.34. The fourth-order valence-corrected chi connectivity index (χ4v) is 3.09. The van der Waals surface area contributed by atoms with Crippen LogP contribution in [0.2, 0.25) is 5.02 Å². The number of para-hydroxylation sites is 3. The molecular weight excluding hydrogens is 384 g/mol. The molecule has 0 bridgehead atoms. The molecule has 148 valence electrons. The van der Waals surface area contributed by atoms with E-state index in [1.807, 2.05) is 79.7 Å². The van der Waals surface area contributed by atoms with Crippen molar-refractivity contribution in [3.8, 4) is 11.5 Å². The Morgan fingerprint density at radius 2 is 1.62 bits per heavy atom. The zero-order valence-electron chi connectivity index (χ0n) is 16.4. The summed E-state index contributed by atoms with van der Waals surface area (Å²) in [5.74, 6) is 1.29. The highest BCUT2D eigenvalue weighted by Gasteiger charge is 2.15. The molecule has 3 aromatic rings. The second kappa shape index (κ2) is 9.80. The lowest BCUT2D eigenvalue weighted by Crippen LogP contribution is -2.14. The van der Waals surface area contributed by atoms with Gasteiger partial charge in [-0.25, -0.2) is 0 Å². The van der Waals surface area contributed by atoms with Crippen LogP contribution < -0.4 is 15.4 Å². The minimum Gasteiger partial charge on any atom is -0.455 e. The molecule has 0 aliphatic rings. The van der Waals surface area contributed by atoms with Crippen LogP contribution in [0.15, 0.2) is 84.9 Å². The van der Waals surface area contributed by atoms with Crippen molar-refractivity contribution in [2.75, 3.05) is 10.6 Å². The Kier molecular flexibility index (Phi) is 6.93. The van der Waals surface area contributed by atoms with E-state index in [1.165, 1.54) is 6.92 Å². The molecule has 1 unspecified atom stereocenters. The van der Waals surface area contributed by atoms with Crippen molar-refractivity contribution in [1.29, 1.82) is 0 Å². The largest absolute Gasteiger partial charge is 0.455 e. The van der Waals surface area contributed by atoms with Crippen molar-refractivity contribution in [2.24, 2.45) is 0 Å². The van der Waals surface area contributed by atoms with Gasteiger partial charge in [-0.1, -0.05) is 54.1 Å². The third kappa shape index (κ3) is 5.62. The number of carbonyl (C=O) groups excluding carboxylic acids is 1. The third-order valence-electron chi connectivity index (χ3n) is 4.23. The zero-order chi connectivity index (χ0) is 20.6. The summed E-state index contributed by atoms with van der Waals surface area (Å²) >= 11 is 5.96. The van der Waals surface area contributed by atoms with E-state index in [-0.39, 0.29) is 11.9 Å². The van der Waals surface area contributed by atoms with Crippen LogP contribution in [0.3, 0.4) is 0 Å². The van der Waals surface area contributed by atoms with E-state index in [0.29, 0.717) is 16.5 Å². The molecule has 5 heteroatoms. The standard InChI is InChI=1S/C24H23ClN2O2/c1-3-8-21(20-9-4-5-10-22(20)26-17(2)28)27-23-11-6-7-12-24(23)29-19-15-13-18(25)14-16-19/h3-16,21,27H,1-2H3,(H,26,28). The second-order valence-electron chi connectivity index (χ2n) is 6.47. The maximum absolute atomic E-state index is 11.6. The molecule has 0 fully saturated rings. The summed E-state index contributed by atoms with van der Waals surface area (Å²) in [6.45, 7) is 3.47. The Morgan fingerprint density at radius 3 is 2.31 bits per heavy atom. The number of rotatable bonds is 7. The summed E-state index contributed by atoms with van der Waals surface area (Å²) in [6, 6.07) is 22.6. The molecule has 1 amide bonds. The summed E-state index contributed by atoms with van der Waals surface area (Å²) in [7, 11) is 0. The summed E-state index contributed by atoms with van der Waals surface area (Å²) in [5, 5.41) is 7.08. The van der Waals surface area contributed by atoms with Crippen LogP contribution in [0.5, 0.6) is 11.5 Å². The lowest BCUT2D eigenvalue weighted by molar-refractivity contribution is -0.114. The first-order valence-corrected chi connectivity index (χ1v) is 9.73. The zero-order valence-corrected chi connectivity index (χ0v) is 17.1. The molecule has 0 aliphatic heterocycles. The van der Waals surface area contributed by atoms with Crippen molar-refractivity contribution in [3.05, 3.63) is 95.5 Å². The number of ether oxygens (including phenoxy) is 1. The average Bonchev–Trinajstić information content (AvgIpc) is 2.71. The minimum absolute atomic E-state index is 0.108. The summed E-state index contributed by atoms with van der Waals surface area (Å²) in [6.07, 6.45) is 4.02. The van der Waals surface area contributed by atoms with E-state index in [1.54, 1.807) is 12.1 Å². The van der Waals surface area contributed by atoms with E-state index in [0.717, 1.165) is 16.9 Å². The normalized spacial score (nSPS) is 11.8. The lowest BCUT2D eigenvalue weighted by atomic mass is 10.0. The summed E-state index contributed by atoms with van der Waals surface area (Å²) in [5.41, 5.74) is 2.57. The van der Waals surface area contributed by atoms with Crippen LogP contribution in [0.4, 0.5) is 11.4 Å². The predicted octanol–water partition coefficient (Wildman–Crippen LogP) is 6.82. The molecule has 0 saturated carbocycles. The van der Waals surface area contributed by atoms with Gasteiger partial charge in [0, 0.05) is 23.2 Å². The first-order valence-electron chi connectivity index (χ1n) is 9.35. The predicted molar refractivity (Wildman–Crippen MR) is 120 cm³/mol. The highest BCUT2D eigenvalue weighted by molar-refractivity contribution is 6.30. The van der Waals surface area contributed by atoms with Gasteiger partial charge in [-0.05, 0) is 49.4 Å². The van der Waals surface area contributed by atoms with Crippen molar-refractivity contribution in [1.82, 2.24) is 0 Å². The van der Waals surface area contributed by atoms with Crippen molar-refractivity contribution < 1.29 is 9.53 Å². The Hall–Kier alpha value is -3.24. The second-order valence-corrected chi connectivity index (χ2v) is 6.90. The van der Waals surface area contributed by atoms with E-state index in [9.17, 15) is 4.79 Å². The van der Waals surface area contributed by atoms with Gasteiger partial charge >= 0.3 is 0 Å². The molecule has 0 heterocycles. The number of hydrogen-bond acceptors (Lipinski definition) is 3. The molecule has 3 rings (SSSR count). The smallest absolute Gasteiger partial charge is 0.221 e. The van der Waals surface area contributed by atoms with Crippen LogP contribution in [-0.4, -0.2) is 5.91 Å². The van der Waals surface area contributed by atoms with Gasteiger partial charge in [0.05, 0.1) is 11.7 Å². The van der Waals surface area contributed by atoms with E-state index >= 15 is 0 Å². The van der Waals surface area contributed by atoms with Gasteiger partial charge in [0.2, 0.25) is 5.91 Å². The van der Waals surface area contributed by atoms with Crippen LogP contribution >= 0.6 is 11.6 Å². The molecule has 29 heavy (non-hydrogen) atoms. The summed E-state index contributed by atoms with van der Waals surface area (Å²) in [4.78, 5) is 11.6. The number of carbonyl (C=O) groups is 1. The molecule has 0 saturated heterocycles. The van der Waals surface area contributed by atoms with Gasteiger partial charge in [-0.2, -0.15) is 0 Å². The van der Waals surface area contributed by atoms with Crippen LogP contribution in [0.25, 0.3) is 0 Å². The van der Waals surface area contributed by atoms with E-state index in [2.05, 4.69) is 10.6 Å². The van der Waals surface area contributed by atoms with Gasteiger partial charge in [-0.3, -0.25) is 4.79 Å². The van der Waals surface area contributed by atoms with Gasteiger partial charge in [-0.15, -0.1) is 0 Å². The van der Waals surface area contributed by atoms with Crippen LogP contribution in [-0.2, 0) is 4.79 Å². The topological polar surface area (TPSA) is 50.4 Å². The number of halogens is 1. The minimum atomic E-state index is -0.155. The SMILES string of the molecule is CC=CC(Nc1ccccc1Oc1ccc(Cl)cc1)c1ccccc1NC(C)=O. The number of hydrogen-bond donors (Lipinski definition) is 2. The van der Waals surface area contributed by atoms with Gasteiger partial charge < -0.3 is 15.4 Å². The van der Waals surface area contributed by atoms with Crippen molar-refractivity contribution in [3.63, 3.8) is 0 Å². The lowest BCUT2D eigenvalue weighted by Gasteiger charge is -2.22. The monoisotopic (exact) mass is 406 g/mol. The molecule has 3 aromatic carbocycles. The number of amides is 1. The van der Waals surface area contributed by atoms with Crippen molar-refractivity contribution in [2.45, 2.75) is 19.9 Å². The van der Waals surface area contributed by atoms with E-state index in [4.69, 9.17) is 16.3 Å². The maximum atomic E-state index is 11.6. The number of anilines is 2. The van der Waals surface area contributed by atoms with Crippen LogP contribution in [0, 0.1) is 0 Å². The Balaban J connectivity index is 1.91. The molecule has 1 atom stereocenters. The molecular formula is C24H23ClN2O2. The molecule has 0 spiro atoms. The van der Waals surface area contributed by atoms with Crippen LogP contribution in [0.1, 0.15) is 25.5 Å². The molecule has 4 nitrogen and oxygen atoms in total. The molecule has 0 radical (unpaired) electrons. The molecule has 0 aromatic heterocycles. The fraction of sp³-hybridized carbons (Fsp3) is 0.125. The Morgan fingerprint density at radius 1 is 0.966 bits per heavy atom. The Bertz CT molecular complexity index is 1000. The molecule has 2 N–H and O–H groups in total. The van der Waals surface area contributed by atoms with Crippen molar-refractivity contribution >= 4 is 28.9 Å². The summed E-state index contributed by atoms with van der Waals surface area (Å²) < 4.78 is 6.06. The fourth-order valence-electron chi connectivity index (χ4n) is 2.97. The highest BCUT2D eigenvalue weighted by atomic mass is 35.5. The number of nitrogens with one attached hydrogen (secondary N) is 2. The van der Waals surface area contributed by atoms with Gasteiger partial charge in [0.25, 0.3) is 0 Å². The average molecular weight is 407 g/mol. The first-order chi connectivity index (χ1) is 14.1. The first kappa shape index (κ1) is 20.5. The molecule has 0 aliphatic carbocycles.